The lowest BCUT2D eigenvalue weighted by Gasteiger charge is -2.28. The number of nitrogens with zero attached hydrogens (tertiary/aromatic N) is 1. The highest BCUT2D eigenvalue weighted by Gasteiger charge is 2.14. The van der Waals surface area contributed by atoms with Crippen LogP contribution >= 0.6 is 0 Å². The second-order valence-electron chi connectivity index (χ2n) is 4.81. The van der Waals surface area contributed by atoms with Crippen LogP contribution in [0.4, 0.5) is 5.69 Å². The SMILES string of the molecule is Cc1ccc(NC[C@@H](O)CN2CCOCC2)cc1. The van der Waals surface area contributed by atoms with Crippen LogP contribution < -0.4 is 5.32 Å². The predicted molar refractivity (Wildman–Crippen MR) is 72.9 cm³/mol. The first-order valence-corrected chi connectivity index (χ1v) is 6.53. The Kier molecular flexibility index (Phi) is 4.99. The van der Waals surface area contributed by atoms with Crippen molar-refractivity contribution in [3.05, 3.63) is 29.8 Å². The first-order valence-electron chi connectivity index (χ1n) is 6.53. The fourth-order valence-corrected chi connectivity index (χ4v) is 2.05. The summed E-state index contributed by atoms with van der Waals surface area (Å²) in [6.07, 6.45) is -0.343. The molecule has 18 heavy (non-hydrogen) atoms. The third-order valence-electron chi connectivity index (χ3n) is 3.17. The summed E-state index contributed by atoms with van der Waals surface area (Å²) >= 11 is 0. The van der Waals surface area contributed by atoms with Crippen molar-refractivity contribution >= 4 is 5.69 Å². The Balaban J connectivity index is 1.70. The van der Waals surface area contributed by atoms with Gasteiger partial charge in [-0.05, 0) is 19.1 Å². The number of morpholine rings is 1. The monoisotopic (exact) mass is 250 g/mol. The van der Waals surface area contributed by atoms with Crippen LogP contribution in [0.2, 0.25) is 0 Å². The van der Waals surface area contributed by atoms with Crippen LogP contribution in [0.1, 0.15) is 5.56 Å². The van der Waals surface area contributed by atoms with Crippen LogP contribution in [0.25, 0.3) is 0 Å². The zero-order valence-corrected chi connectivity index (χ0v) is 10.9. The fraction of sp³-hybridized carbons (Fsp3) is 0.571. The molecule has 0 aliphatic carbocycles. The summed E-state index contributed by atoms with van der Waals surface area (Å²) < 4.78 is 5.28. The number of rotatable bonds is 5. The number of β-amino-alcohol motifs (C(OH)–C–C–N with tert-alkyl or cyclic N) is 1. The maximum absolute atomic E-state index is 9.97. The Bertz CT molecular complexity index is 347. The molecule has 0 unspecified atom stereocenters. The van der Waals surface area contributed by atoms with E-state index < -0.39 is 0 Å². The van der Waals surface area contributed by atoms with Crippen LogP contribution in [0.5, 0.6) is 0 Å². The maximum atomic E-state index is 9.97. The van der Waals surface area contributed by atoms with Crippen molar-refractivity contribution in [2.24, 2.45) is 0 Å². The van der Waals surface area contributed by atoms with Crippen molar-refractivity contribution in [3.63, 3.8) is 0 Å². The number of aliphatic hydroxyl groups is 1. The van der Waals surface area contributed by atoms with E-state index in [2.05, 4.69) is 29.3 Å². The molecule has 1 aliphatic heterocycles. The number of anilines is 1. The number of hydrogen-bond donors (Lipinski definition) is 2. The summed E-state index contributed by atoms with van der Waals surface area (Å²) in [6.45, 7) is 6.75. The van der Waals surface area contributed by atoms with E-state index in [1.165, 1.54) is 5.56 Å². The van der Waals surface area contributed by atoms with Gasteiger partial charge in [0.25, 0.3) is 0 Å². The first kappa shape index (κ1) is 13.3. The molecular weight excluding hydrogens is 228 g/mol. The highest BCUT2D eigenvalue weighted by molar-refractivity contribution is 5.44. The van der Waals surface area contributed by atoms with Crippen molar-refractivity contribution in [3.8, 4) is 0 Å². The Morgan fingerprint density at radius 3 is 2.61 bits per heavy atom. The van der Waals surface area contributed by atoms with E-state index >= 15 is 0 Å². The van der Waals surface area contributed by atoms with E-state index in [0.29, 0.717) is 13.1 Å². The molecule has 0 aromatic heterocycles. The second-order valence-corrected chi connectivity index (χ2v) is 4.81. The summed E-state index contributed by atoms with van der Waals surface area (Å²) in [5.41, 5.74) is 2.30. The minimum Gasteiger partial charge on any atom is -0.390 e. The molecule has 2 rings (SSSR count). The molecule has 0 amide bonds. The van der Waals surface area contributed by atoms with Gasteiger partial charge in [0.15, 0.2) is 0 Å². The number of nitrogens with one attached hydrogen (secondary N) is 1. The molecule has 1 fully saturated rings. The van der Waals surface area contributed by atoms with Gasteiger partial charge in [-0.2, -0.15) is 0 Å². The zero-order valence-electron chi connectivity index (χ0n) is 10.9. The van der Waals surface area contributed by atoms with Gasteiger partial charge in [0.1, 0.15) is 0 Å². The highest BCUT2D eigenvalue weighted by atomic mass is 16.5. The van der Waals surface area contributed by atoms with Gasteiger partial charge >= 0.3 is 0 Å². The topological polar surface area (TPSA) is 44.7 Å². The Hall–Kier alpha value is -1.10. The molecule has 1 atom stereocenters. The number of ether oxygens (including phenoxy) is 1. The van der Waals surface area contributed by atoms with Gasteiger partial charge in [0.05, 0.1) is 19.3 Å². The third-order valence-corrected chi connectivity index (χ3v) is 3.17. The van der Waals surface area contributed by atoms with Crippen molar-refractivity contribution in [1.82, 2.24) is 4.90 Å². The molecule has 1 aromatic carbocycles. The molecule has 2 N–H and O–H groups in total. The summed E-state index contributed by atoms with van der Waals surface area (Å²) in [6, 6.07) is 8.21. The molecule has 1 aliphatic rings. The maximum Gasteiger partial charge on any atom is 0.0839 e. The van der Waals surface area contributed by atoms with Crippen molar-refractivity contribution in [2.75, 3.05) is 44.7 Å². The average molecular weight is 250 g/mol. The van der Waals surface area contributed by atoms with Gasteiger partial charge in [-0.25, -0.2) is 0 Å². The van der Waals surface area contributed by atoms with Crippen LogP contribution in [-0.2, 0) is 4.74 Å². The van der Waals surface area contributed by atoms with E-state index in [4.69, 9.17) is 4.74 Å². The second kappa shape index (κ2) is 6.73. The van der Waals surface area contributed by atoms with E-state index in [1.807, 2.05) is 12.1 Å². The Labute approximate surface area is 109 Å². The van der Waals surface area contributed by atoms with Crippen molar-refractivity contribution in [1.29, 1.82) is 0 Å². The third kappa shape index (κ3) is 4.29. The number of aliphatic hydroxyl groups excluding tert-OH is 1. The van der Waals surface area contributed by atoms with E-state index in [-0.39, 0.29) is 6.10 Å². The van der Waals surface area contributed by atoms with Crippen molar-refractivity contribution in [2.45, 2.75) is 13.0 Å². The summed E-state index contributed by atoms with van der Waals surface area (Å²) in [5, 5.41) is 13.2. The summed E-state index contributed by atoms with van der Waals surface area (Å²) in [5.74, 6) is 0. The molecule has 0 radical (unpaired) electrons. The summed E-state index contributed by atoms with van der Waals surface area (Å²) in [7, 11) is 0. The average Bonchev–Trinajstić information content (AvgIpc) is 2.39. The minimum atomic E-state index is -0.343. The molecule has 0 spiro atoms. The zero-order chi connectivity index (χ0) is 12.8. The lowest BCUT2D eigenvalue weighted by Crippen LogP contribution is -2.42. The van der Waals surface area contributed by atoms with Gasteiger partial charge < -0.3 is 15.2 Å². The molecule has 1 aromatic rings. The molecule has 100 valence electrons. The highest BCUT2D eigenvalue weighted by Crippen LogP contribution is 2.08. The Morgan fingerprint density at radius 1 is 1.28 bits per heavy atom. The summed E-state index contributed by atoms with van der Waals surface area (Å²) in [4.78, 5) is 2.24. The largest absolute Gasteiger partial charge is 0.390 e. The van der Waals surface area contributed by atoms with Crippen LogP contribution in [-0.4, -0.2) is 55.5 Å². The quantitative estimate of drug-likeness (QED) is 0.821. The normalized spacial score (nSPS) is 18.6. The molecule has 4 nitrogen and oxygen atoms in total. The lowest BCUT2D eigenvalue weighted by molar-refractivity contribution is 0.0171. The van der Waals surface area contributed by atoms with Crippen LogP contribution in [0, 0.1) is 6.92 Å². The molecule has 0 bridgehead atoms. The molecule has 0 saturated carbocycles. The minimum absolute atomic E-state index is 0.343. The molecule has 1 saturated heterocycles. The van der Waals surface area contributed by atoms with Gasteiger partial charge in [0.2, 0.25) is 0 Å². The Morgan fingerprint density at radius 2 is 1.94 bits per heavy atom. The van der Waals surface area contributed by atoms with Crippen molar-refractivity contribution < 1.29 is 9.84 Å². The molecule has 4 heteroatoms. The van der Waals surface area contributed by atoms with Gasteiger partial charge in [-0.1, -0.05) is 17.7 Å². The van der Waals surface area contributed by atoms with E-state index in [0.717, 1.165) is 32.0 Å². The fourth-order valence-electron chi connectivity index (χ4n) is 2.05. The van der Waals surface area contributed by atoms with Gasteiger partial charge in [-0.15, -0.1) is 0 Å². The first-order chi connectivity index (χ1) is 8.74. The number of benzene rings is 1. The van der Waals surface area contributed by atoms with E-state index in [9.17, 15) is 5.11 Å². The van der Waals surface area contributed by atoms with Crippen LogP contribution in [0.3, 0.4) is 0 Å². The molecule has 1 heterocycles. The molecular formula is C14H22N2O2. The van der Waals surface area contributed by atoms with Gasteiger partial charge in [0, 0.05) is 31.9 Å². The number of aryl methyl sites for hydroxylation is 1. The van der Waals surface area contributed by atoms with Gasteiger partial charge in [-0.3, -0.25) is 4.90 Å². The lowest BCUT2D eigenvalue weighted by atomic mass is 10.2. The predicted octanol–water partition coefficient (Wildman–Crippen LogP) is 1.10. The van der Waals surface area contributed by atoms with E-state index in [1.54, 1.807) is 0 Å². The van der Waals surface area contributed by atoms with Crippen LogP contribution in [0.15, 0.2) is 24.3 Å². The number of hydrogen-bond acceptors (Lipinski definition) is 4. The smallest absolute Gasteiger partial charge is 0.0839 e. The standard InChI is InChI=1S/C14H22N2O2/c1-12-2-4-13(5-3-12)15-10-14(17)11-16-6-8-18-9-7-16/h2-5,14-15,17H,6-11H2,1H3/t14-/m1/s1.